The lowest BCUT2D eigenvalue weighted by Gasteiger charge is -2.23. The van der Waals surface area contributed by atoms with E-state index < -0.39 is 9.84 Å². The standard InChI is InChI=1S/C12H14N4O3S2/c1-21(18,19)10-6-14-15-11(10)8-3-2-4-16(8)12(17)9-5-13-7-20-9/h5-8H,2-4H2,1H3,(H,14,15). The molecule has 3 heterocycles. The van der Waals surface area contributed by atoms with Crippen molar-refractivity contribution in [3.05, 3.63) is 28.5 Å². The summed E-state index contributed by atoms with van der Waals surface area (Å²) >= 11 is 1.28. The second kappa shape index (κ2) is 5.23. The van der Waals surface area contributed by atoms with Crippen molar-refractivity contribution in [1.82, 2.24) is 20.1 Å². The topological polar surface area (TPSA) is 96.0 Å². The summed E-state index contributed by atoms with van der Waals surface area (Å²) in [4.78, 5) is 18.8. The average molecular weight is 326 g/mol. The third kappa shape index (κ3) is 2.58. The maximum atomic E-state index is 12.5. The predicted molar refractivity (Wildman–Crippen MR) is 76.8 cm³/mol. The molecule has 21 heavy (non-hydrogen) atoms. The molecule has 0 saturated carbocycles. The molecule has 0 radical (unpaired) electrons. The van der Waals surface area contributed by atoms with Crippen LogP contribution in [0.1, 0.15) is 34.2 Å². The van der Waals surface area contributed by atoms with E-state index in [1.54, 1.807) is 10.4 Å². The highest BCUT2D eigenvalue weighted by atomic mass is 32.2. The van der Waals surface area contributed by atoms with E-state index in [4.69, 9.17) is 0 Å². The number of thiazole rings is 1. The van der Waals surface area contributed by atoms with Crippen molar-refractivity contribution >= 4 is 27.1 Å². The second-order valence-electron chi connectivity index (χ2n) is 4.94. The maximum absolute atomic E-state index is 12.5. The Balaban J connectivity index is 1.95. The van der Waals surface area contributed by atoms with Crippen LogP contribution >= 0.6 is 11.3 Å². The lowest BCUT2D eigenvalue weighted by atomic mass is 10.1. The smallest absolute Gasteiger partial charge is 0.266 e. The van der Waals surface area contributed by atoms with E-state index >= 15 is 0 Å². The molecule has 1 aliphatic rings. The number of sulfone groups is 1. The molecule has 1 saturated heterocycles. The van der Waals surface area contributed by atoms with E-state index in [2.05, 4.69) is 15.2 Å². The summed E-state index contributed by atoms with van der Waals surface area (Å²) in [6, 6.07) is -0.285. The van der Waals surface area contributed by atoms with Crippen LogP contribution in [0.4, 0.5) is 0 Å². The lowest BCUT2D eigenvalue weighted by Crippen LogP contribution is -2.30. The quantitative estimate of drug-likeness (QED) is 0.915. The van der Waals surface area contributed by atoms with Gasteiger partial charge in [0.2, 0.25) is 0 Å². The largest absolute Gasteiger partial charge is 0.329 e. The van der Waals surface area contributed by atoms with Crippen molar-refractivity contribution in [2.45, 2.75) is 23.8 Å². The number of hydrogen-bond donors (Lipinski definition) is 1. The number of H-pyrrole nitrogens is 1. The van der Waals surface area contributed by atoms with Crippen LogP contribution in [0.2, 0.25) is 0 Å². The molecule has 0 aromatic carbocycles. The molecule has 0 bridgehead atoms. The van der Waals surface area contributed by atoms with Crippen LogP contribution in [0.3, 0.4) is 0 Å². The summed E-state index contributed by atoms with van der Waals surface area (Å²) in [5.41, 5.74) is 2.10. The molecule has 1 unspecified atom stereocenters. The van der Waals surface area contributed by atoms with Crippen molar-refractivity contribution in [2.24, 2.45) is 0 Å². The highest BCUT2D eigenvalue weighted by Gasteiger charge is 2.35. The minimum atomic E-state index is -3.37. The maximum Gasteiger partial charge on any atom is 0.266 e. The fraction of sp³-hybridized carbons (Fsp3) is 0.417. The van der Waals surface area contributed by atoms with Crippen molar-refractivity contribution < 1.29 is 13.2 Å². The monoisotopic (exact) mass is 326 g/mol. The van der Waals surface area contributed by atoms with Gasteiger partial charge in [0.15, 0.2) is 9.84 Å². The summed E-state index contributed by atoms with van der Waals surface area (Å²) in [6.45, 7) is 0.601. The summed E-state index contributed by atoms with van der Waals surface area (Å²) in [7, 11) is -3.37. The van der Waals surface area contributed by atoms with Gasteiger partial charge in [-0.2, -0.15) is 5.10 Å². The molecule has 7 nitrogen and oxygen atoms in total. The zero-order valence-corrected chi connectivity index (χ0v) is 12.9. The van der Waals surface area contributed by atoms with Crippen LogP contribution in [0.5, 0.6) is 0 Å². The highest BCUT2D eigenvalue weighted by Crippen LogP contribution is 2.35. The lowest BCUT2D eigenvalue weighted by molar-refractivity contribution is 0.0735. The zero-order valence-electron chi connectivity index (χ0n) is 11.3. The molecule has 1 amide bonds. The first-order valence-electron chi connectivity index (χ1n) is 6.41. The van der Waals surface area contributed by atoms with E-state index in [0.29, 0.717) is 17.1 Å². The number of nitrogens with zero attached hydrogens (tertiary/aromatic N) is 3. The van der Waals surface area contributed by atoms with Gasteiger partial charge in [0.05, 0.1) is 29.6 Å². The van der Waals surface area contributed by atoms with E-state index in [1.165, 1.54) is 23.7 Å². The molecule has 2 aromatic heterocycles. The van der Waals surface area contributed by atoms with Gasteiger partial charge in [-0.1, -0.05) is 0 Å². The van der Waals surface area contributed by atoms with Gasteiger partial charge in [-0.15, -0.1) is 11.3 Å². The number of aromatic nitrogens is 3. The number of carbonyl (C=O) groups is 1. The van der Waals surface area contributed by atoms with Gasteiger partial charge in [-0.3, -0.25) is 14.9 Å². The molecule has 2 aromatic rings. The Kier molecular flexibility index (Phi) is 3.54. The number of likely N-dealkylation sites (tertiary alicyclic amines) is 1. The normalized spacial score (nSPS) is 19.1. The Morgan fingerprint density at radius 1 is 1.48 bits per heavy atom. The molecule has 1 fully saturated rings. The molecular formula is C12H14N4O3S2. The molecule has 1 N–H and O–H groups in total. The van der Waals surface area contributed by atoms with Gasteiger partial charge >= 0.3 is 0 Å². The third-order valence-electron chi connectivity index (χ3n) is 3.52. The Hall–Kier alpha value is -1.74. The molecule has 1 aliphatic heterocycles. The molecule has 0 spiro atoms. The van der Waals surface area contributed by atoms with Crippen LogP contribution in [0, 0.1) is 0 Å². The molecule has 112 valence electrons. The first kappa shape index (κ1) is 14.2. The van der Waals surface area contributed by atoms with E-state index in [-0.39, 0.29) is 16.8 Å². The Morgan fingerprint density at radius 2 is 2.29 bits per heavy atom. The number of rotatable bonds is 3. The minimum absolute atomic E-state index is 0.117. The number of nitrogens with one attached hydrogen (secondary N) is 1. The van der Waals surface area contributed by atoms with Crippen molar-refractivity contribution in [2.75, 3.05) is 12.8 Å². The first-order chi connectivity index (χ1) is 9.98. The first-order valence-corrected chi connectivity index (χ1v) is 9.18. The number of hydrogen-bond acceptors (Lipinski definition) is 6. The Bertz CT molecular complexity index is 751. The second-order valence-corrected chi connectivity index (χ2v) is 7.81. The van der Waals surface area contributed by atoms with Crippen LogP contribution in [-0.2, 0) is 9.84 Å². The van der Waals surface area contributed by atoms with Crippen molar-refractivity contribution in [1.29, 1.82) is 0 Å². The highest BCUT2D eigenvalue weighted by molar-refractivity contribution is 7.90. The van der Waals surface area contributed by atoms with Gasteiger partial charge < -0.3 is 4.90 Å². The van der Waals surface area contributed by atoms with Crippen molar-refractivity contribution in [3.63, 3.8) is 0 Å². The fourth-order valence-corrected chi connectivity index (χ4v) is 3.99. The molecule has 1 atom stereocenters. The predicted octanol–water partition coefficient (Wildman–Crippen LogP) is 1.25. The summed E-state index contributed by atoms with van der Waals surface area (Å²) in [5.74, 6) is -0.117. The fourth-order valence-electron chi connectivity index (χ4n) is 2.59. The van der Waals surface area contributed by atoms with Gasteiger partial charge in [-0.25, -0.2) is 8.42 Å². The SMILES string of the molecule is CS(=O)(=O)c1cn[nH]c1C1CCCN1C(=O)c1cncs1. The van der Waals surface area contributed by atoms with Crippen LogP contribution < -0.4 is 0 Å². The van der Waals surface area contributed by atoms with E-state index in [9.17, 15) is 13.2 Å². The third-order valence-corrected chi connectivity index (χ3v) is 5.41. The van der Waals surface area contributed by atoms with Crippen LogP contribution in [0.15, 0.2) is 22.8 Å². The van der Waals surface area contributed by atoms with Gasteiger partial charge in [-0.05, 0) is 12.8 Å². The molecule has 9 heteroatoms. The summed E-state index contributed by atoms with van der Waals surface area (Å²) in [5, 5.41) is 6.59. The van der Waals surface area contributed by atoms with Crippen molar-refractivity contribution in [3.8, 4) is 0 Å². The Morgan fingerprint density at radius 3 is 2.95 bits per heavy atom. The van der Waals surface area contributed by atoms with Crippen LogP contribution in [-0.4, -0.2) is 47.2 Å². The average Bonchev–Trinajstić information content (AvgIpc) is 3.16. The Labute approximate surface area is 125 Å². The zero-order chi connectivity index (χ0) is 15.0. The van der Waals surface area contributed by atoms with Gasteiger partial charge in [0.1, 0.15) is 9.77 Å². The number of amides is 1. The summed E-state index contributed by atoms with van der Waals surface area (Å²) < 4.78 is 23.6. The summed E-state index contributed by atoms with van der Waals surface area (Å²) in [6.07, 6.45) is 5.53. The molecule has 3 rings (SSSR count). The van der Waals surface area contributed by atoms with E-state index in [1.807, 2.05) is 0 Å². The molecular weight excluding hydrogens is 312 g/mol. The molecule has 0 aliphatic carbocycles. The van der Waals surface area contributed by atoms with Gasteiger partial charge in [0, 0.05) is 12.8 Å². The number of aromatic amines is 1. The van der Waals surface area contributed by atoms with Crippen LogP contribution in [0.25, 0.3) is 0 Å². The van der Waals surface area contributed by atoms with E-state index in [0.717, 1.165) is 19.1 Å². The minimum Gasteiger partial charge on any atom is -0.329 e. The number of carbonyl (C=O) groups excluding carboxylic acids is 1. The van der Waals surface area contributed by atoms with Gasteiger partial charge in [0.25, 0.3) is 5.91 Å².